The van der Waals surface area contributed by atoms with Crippen LogP contribution in [0.25, 0.3) is 11.0 Å². The lowest BCUT2D eigenvalue weighted by Gasteiger charge is -2.19. The normalized spacial score (nSPS) is 11.6. The number of furan rings is 1. The van der Waals surface area contributed by atoms with Gasteiger partial charge < -0.3 is 9.15 Å². The average molecular weight is 277 g/mol. The summed E-state index contributed by atoms with van der Waals surface area (Å²) in [5, 5.41) is 1.06. The van der Waals surface area contributed by atoms with Crippen molar-refractivity contribution in [1.82, 2.24) is 5.48 Å². The van der Waals surface area contributed by atoms with Gasteiger partial charge in [0.25, 0.3) is 0 Å². The molecule has 2 rings (SSSR count). The van der Waals surface area contributed by atoms with Crippen molar-refractivity contribution in [2.45, 2.75) is 32.8 Å². The number of nitrogens with one attached hydrogen (secondary N) is 1. The lowest BCUT2D eigenvalue weighted by Crippen LogP contribution is -2.32. The summed E-state index contributed by atoms with van der Waals surface area (Å²) in [6.07, 6.45) is 1.77. The van der Waals surface area contributed by atoms with Crippen molar-refractivity contribution in [3.8, 4) is 0 Å². The van der Waals surface area contributed by atoms with Gasteiger partial charge in [0.2, 0.25) is 0 Å². The number of fused-ring (bicyclic) bond motifs is 1. The SMILES string of the molecule is CC(C)(C)OC(=O)NOCCc1ccc2occc2c1. The van der Waals surface area contributed by atoms with E-state index in [0.29, 0.717) is 13.0 Å². The second-order valence-corrected chi connectivity index (χ2v) is 5.50. The van der Waals surface area contributed by atoms with Gasteiger partial charge in [0, 0.05) is 5.39 Å². The standard InChI is InChI=1S/C15H19NO4/c1-15(2,3)20-14(17)16-19-9-6-11-4-5-13-12(10-11)7-8-18-13/h4-5,7-8,10H,6,9H2,1-3H3,(H,16,17). The highest BCUT2D eigenvalue weighted by Crippen LogP contribution is 2.17. The highest BCUT2D eigenvalue weighted by atomic mass is 16.7. The van der Waals surface area contributed by atoms with Crippen LogP contribution in [0.3, 0.4) is 0 Å². The van der Waals surface area contributed by atoms with Gasteiger partial charge in [-0.3, -0.25) is 4.84 Å². The van der Waals surface area contributed by atoms with Crippen molar-refractivity contribution in [2.75, 3.05) is 6.61 Å². The zero-order valence-electron chi connectivity index (χ0n) is 11.9. The first-order valence-electron chi connectivity index (χ1n) is 6.51. The molecule has 1 amide bonds. The number of hydrogen-bond donors (Lipinski definition) is 1. The van der Waals surface area contributed by atoms with Crippen LogP contribution < -0.4 is 5.48 Å². The molecule has 2 aromatic rings. The predicted molar refractivity (Wildman–Crippen MR) is 75.2 cm³/mol. The third kappa shape index (κ3) is 4.28. The Kier molecular flexibility index (Phi) is 4.29. The van der Waals surface area contributed by atoms with Crippen molar-refractivity contribution in [2.24, 2.45) is 0 Å². The fourth-order valence-electron chi connectivity index (χ4n) is 1.75. The fourth-order valence-corrected chi connectivity index (χ4v) is 1.75. The maximum atomic E-state index is 11.3. The van der Waals surface area contributed by atoms with Gasteiger partial charge in [0.1, 0.15) is 11.2 Å². The zero-order chi connectivity index (χ0) is 14.6. The third-order valence-corrected chi connectivity index (χ3v) is 2.56. The predicted octanol–water partition coefficient (Wildman–Crippen LogP) is 3.43. The molecule has 0 fully saturated rings. The van der Waals surface area contributed by atoms with Crippen LogP contribution in [0.15, 0.2) is 34.9 Å². The minimum absolute atomic E-state index is 0.378. The van der Waals surface area contributed by atoms with Crippen LogP contribution in [0.5, 0.6) is 0 Å². The molecule has 0 aliphatic carbocycles. The zero-order valence-corrected chi connectivity index (χ0v) is 11.9. The average Bonchev–Trinajstić information content (AvgIpc) is 2.79. The summed E-state index contributed by atoms with van der Waals surface area (Å²) < 4.78 is 10.3. The molecule has 0 atom stereocenters. The second kappa shape index (κ2) is 5.96. The quantitative estimate of drug-likeness (QED) is 0.687. The molecule has 0 unspecified atom stereocenters. The summed E-state index contributed by atoms with van der Waals surface area (Å²) >= 11 is 0. The largest absolute Gasteiger partial charge is 0.464 e. The number of rotatable bonds is 4. The summed E-state index contributed by atoms with van der Waals surface area (Å²) in [6, 6.07) is 7.85. The molecule has 0 radical (unpaired) electrons. The van der Waals surface area contributed by atoms with E-state index in [1.165, 1.54) is 0 Å². The van der Waals surface area contributed by atoms with E-state index in [1.54, 1.807) is 27.0 Å². The molecular formula is C15H19NO4. The van der Waals surface area contributed by atoms with Gasteiger partial charge in [-0.05, 0) is 51.0 Å². The summed E-state index contributed by atoms with van der Waals surface area (Å²) in [5.74, 6) is 0. The van der Waals surface area contributed by atoms with E-state index in [1.807, 2.05) is 24.3 Å². The molecular weight excluding hydrogens is 258 g/mol. The number of ether oxygens (including phenoxy) is 1. The van der Waals surface area contributed by atoms with Crippen molar-refractivity contribution < 1.29 is 18.8 Å². The third-order valence-electron chi connectivity index (χ3n) is 2.56. The highest BCUT2D eigenvalue weighted by Gasteiger charge is 2.15. The molecule has 1 aromatic carbocycles. The lowest BCUT2D eigenvalue weighted by atomic mass is 10.1. The monoisotopic (exact) mass is 277 g/mol. The number of carbonyl (C=O) groups excluding carboxylic acids is 1. The minimum Gasteiger partial charge on any atom is -0.464 e. The van der Waals surface area contributed by atoms with Gasteiger partial charge in [-0.2, -0.15) is 5.48 Å². The van der Waals surface area contributed by atoms with Gasteiger partial charge in [-0.25, -0.2) is 4.79 Å². The van der Waals surface area contributed by atoms with E-state index >= 15 is 0 Å². The van der Waals surface area contributed by atoms with Crippen LogP contribution >= 0.6 is 0 Å². The van der Waals surface area contributed by atoms with Crippen LogP contribution in [0.1, 0.15) is 26.3 Å². The summed E-state index contributed by atoms with van der Waals surface area (Å²) in [7, 11) is 0. The number of carbonyl (C=O) groups is 1. The molecule has 0 aliphatic rings. The molecule has 5 nitrogen and oxygen atoms in total. The van der Waals surface area contributed by atoms with Gasteiger partial charge in [-0.1, -0.05) is 6.07 Å². The molecule has 0 saturated carbocycles. The molecule has 0 bridgehead atoms. The van der Waals surface area contributed by atoms with Crippen LogP contribution in [0.4, 0.5) is 4.79 Å². The summed E-state index contributed by atoms with van der Waals surface area (Å²) in [6.45, 7) is 5.77. The molecule has 1 aromatic heterocycles. The number of benzene rings is 1. The van der Waals surface area contributed by atoms with E-state index < -0.39 is 11.7 Å². The van der Waals surface area contributed by atoms with Gasteiger partial charge >= 0.3 is 6.09 Å². The molecule has 1 N–H and O–H groups in total. The molecule has 0 saturated heterocycles. The maximum absolute atomic E-state index is 11.3. The lowest BCUT2D eigenvalue weighted by molar-refractivity contribution is -0.00686. The van der Waals surface area contributed by atoms with E-state index in [9.17, 15) is 4.79 Å². The first-order chi connectivity index (χ1) is 9.44. The van der Waals surface area contributed by atoms with Gasteiger partial charge in [-0.15, -0.1) is 0 Å². The Morgan fingerprint density at radius 3 is 2.85 bits per heavy atom. The molecule has 0 spiro atoms. The smallest absolute Gasteiger partial charge is 0.431 e. The Labute approximate surface area is 117 Å². The van der Waals surface area contributed by atoms with Crippen LogP contribution in [0.2, 0.25) is 0 Å². The topological polar surface area (TPSA) is 60.7 Å². The van der Waals surface area contributed by atoms with Crippen LogP contribution in [0, 0.1) is 0 Å². The van der Waals surface area contributed by atoms with Crippen molar-refractivity contribution in [1.29, 1.82) is 0 Å². The van der Waals surface area contributed by atoms with Crippen molar-refractivity contribution >= 4 is 17.1 Å². The number of hydroxylamine groups is 1. The van der Waals surface area contributed by atoms with Crippen LogP contribution in [-0.2, 0) is 16.0 Å². The van der Waals surface area contributed by atoms with E-state index in [-0.39, 0.29) is 0 Å². The number of hydrogen-bond acceptors (Lipinski definition) is 4. The maximum Gasteiger partial charge on any atom is 0.431 e. The fraction of sp³-hybridized carbons (Fsp3) is 0.400. The molecule has 108 valence electrons. The van der Waals surface area contributed by atoms with Crippen molar-refractivity contribution in [3.63, 3.8) is 0 Å². The number of amides is 1. The van der Waals surface area contributed by atoms with Crippen LogP contribution in [-0.4, -0.2) is 18.3 Å². The second-order valence-electron chi connectivity index (χ2n) is 5.50. The minimum atomic E-state index is -0.581. The Morgan fingerprint density at radius 1 is 1.30 bits per heavy atom. The molecule has 0 aliphatic heterocycles. The first kappa shape index (κ1) is 14.4. The molecule has 1 heterocycles. The van der Waals surface area contributed by atoms with E-state index in [2.05, 4.69) is 5.48 Å². The van der Waals surface area contributed by atoms with Gasteiger partial charge in [0.15, 0.2) is 0 Å². The summed E-state index contributed by atoms with van der Waals surface area (Å²) in [4.78, 5) is 16.4. The molecule has 20 heavy (non-hydrogen) atoms. The van der Waals surface area contributed by atoms with Gasteiger partial charge in [0.05, 0.1) is 12.9 Å². The highest BCUT2D eigenvalue weighted by molar-refractivity contribution is 5.77. The summed E-state index contributed by atoms with van der Waals surface area (Å²) in [5.41, 5.74) is 3.71. The van der Waals surface area contributed by atoms with E-state index in [4.69, 9.17) is 14.0 Å². The Bertz CT molecular complexity index is 583. The molecule has 5 heteroatoms. The van der Waals surface area contributed by atoms with Crippen molar-refractivity contribution in [3.05, 3.63) is 36.1 Å². The Hall–Kier alpha value is -2.01. The Balaban J connectivity index is 1.74. The first-order valence-corrected chi connectivity index (χ1v) is 6.51. The van der Waals surface area contributed by atoms with E-state index in [0.717, 1.165) is 16.5 Å². The Morgan fingerprint density at radius 2 is 2.10 bits per heavy atom.